The molecule has 1 aliphatic heterocycles. The molecule has 2 aromatic rings. The van der Waals surface area contributed by atoms with Crippen molar-refractivity contribution < 1.29 is 27.9 Å². The van der Waals surface area contributed by atoms with Crippen LogP contribution in [0.4, 0.5) is 0 Å². The number of imide groups is 1. The largest absolute Gasteiger partial charge is 0.478 e. The fraction of sp³-hybridized carbons (Fsp3) is 0.211. The predicted octanol–water partition coefficient (Wildman–Crippen LogP) is 2.61. The maximum Gasteiger partial charge on any atom is 0.335 e. The molecule has 0 saturated carbocycles. The monoisotopic (exact) mass is 387 g/mol. The quantitative estimate of drug-likeness (QED) is 0.811. The summed E-state index contributed by atoms with van der Waals surface area (Å²) >= 11 is 0. The van der Waals surface area contributed by atoms with E-state index in [1.807, 2.05) is 0 Å². The van der Waals surface area contributed by atoms with E-state index >= 15 is 0 Å². The van der Waals surface area contributed by atoms with E-state index in [2.05, 4.69) is 0 Å². The van der Waals surface area contributed by atoms with Gasteiger partial charge in [0.25, 0.3) is 11.8 Å². The van der Waals surface area contributed by atoms with Crippen molar-refractivity contribution >= 4 is 27.6 Å². The SMILES string of the molecule is CC(C)(C)N1C(=O)c2ccc(S(=O)(=O)c3ccc(C(=O)O)cc3)cc2C1=O. The molecule has 1 N–H and O–H groups in total. The summed E-state index contributed by atoms with van der Waals surface area (Å²) < 4.78 is 25.6. The Balaban J connectivity index is 2.06. The number of carbonyl (C=O) groups excluding carboxylic acids is 2. The minimum absolute atomic E-state index is 0.0375. The molecule has 1 heterocycles. The molecule has 140 valence electrons. The molecule has 0 aliphatic carbocycles. The third-order valence-electron chi connectivity index (χ3n) is 4.25. The topological polar surface area (TPSA) is 109 Å². The highest BCUT2D eigenvalue weighted by Crippen LogP contribution is 2.32. The van der Waals surface area contributed by atoms with Crippen LogP contribution >= 0.6 is 0 Å². The second-order valence-electron chi connectivity index (χ2n) is 7.16. The summed E-state index contributed by atoms with van der Waals surface area (Å²) in [6, 6.07) is 8.58. The van der Waals surface area contributed by atoms with Gasteiger partial charge in [0.15, 0.2) is 0 Å². The fourth-order valence-electron chi connectivity index (χ4n) is 2.91. The number of carboxylic acids is 1. The van der Waals surface area contributed by atoms with Crippen molar-refractivity contribution in [3.63, 3.8) is 0 Å². The fourth-order valence-corrected chi connectivity index (χ4v) is 4.20. The number of amides is 2. The Morgan fingerprint density at radius 2 is 1.41 bits per heavy atom. The molecule has 0 radical (unpaired) electrons. The summed E-state index contributed by atoms with van der Waals surface area (Å²) in [5.74, 6) is -2.17. The molecular formula is C19H17NO6S. The zero-order valence-corrected chi connectivity index (χ0v) is 15.7. The van der Waals surface area contributed by atoms with Crippen molar-refractivity contribution in [1.82, 2.24) is 4.90 Å². The Kier molecular flexibility index (Phi) is 4.19. The molecule has 3 rings (SSSR count). The number of nitrogens with zero attached hydrogens (tertiary/aromatic N) is 1. The summed E-state index contributed by atoms with van der Waals surface area (Å²) in [4.78, 5) is 36.9. The van der Waals surface area contributed by atoms with E-state index in [1.54, 1.807) is 20.8 Å². The first-order chi connectivity index (χ1) is 12.4. The first kappa shape index (κ1) is 18.8. The predicted molar refractivity (Wildman–Crippen MR) is 95.5 cm³/mol. The van der Waals surface area contributed by atoms with Gasteiger partial charge in [-0.2, -0.15) is 0 Å². The third kappa shape index (κ3) is 3.02. The summed E-state index contributed by atoms with van der Waals surface area (Å²) in [6.45, 7) is 5.16. The van der Waals surface area contributed by atoms with E-state index in [4.69, 9.17) is 5.11 Å². The first-order valence-corrected chi connectivity index (χ1v) is 9.54. The number of hydrogen-bond acceptors (Lipinski definition) is 5. The van der Waals surface area contributed by atoms with Gasteiger partial charge in [0, 0.05) is 5.54 Å². The van der Waals surface area contributed by atoms with Gasteiger partial charge in [-0.1, -0.05) is 0 Å². The normalized spacial score (nSPS) is 14.4. The van der Waals surface area contributed by atoms with Crippen LogP contribution in [0.2, 0.25) is 0 Å². The Morgan fingerprint density at radius 3 is 1.93 bits per heavy atom. The standard InChI is InChI=1S/C19H17NO6S/c1-19(2,3)20-16(21)14-9-8-13(10-15(14)17(20)22)27(25,26)12-6-4-11(5-7-12)18(23)24/h4-10H,1-3H3,(H,23,24). The van der Waals surface area contributed by atoms with Gasteiger partial charge in [0.1, 0.15) is 0 Å². The van der Waals surface area contributed by atoms with E-state index in [9.17, 15) is 22.8 Å². The Bertz CT molecular complexity index is 1080. The van der Waals surface area contributed by atoms with Crippen LogP contribution < -0.4 is 0 Å². The second kappa shape index (κ2) is 6.02. The van der Waals surface area contributed by atoms with Crippen molar-refractivity contribution in [3.8, 4) is 0 Å². The summed E-state index contributed by atoms with van der Waals surface area (Å²) in [6.07, 6.45) is 0. The summed E-state index contributed by atoms with van der Waals surface area (Å²) in [5, 5.41) is 8.92. The molecule has 0 bridgehead atoms. The van der Waals surface area contributed by atoms with Gasteiger partial charge >= 0.3 is 5.97 Å². The van der Waals surface area contributed by atoms with Gasteiger partial charge in [0.05, 0.1) is 26.5 Å². The number of carbonyl (C=O) groups is 3. The zero-order valence-electron chi connectivity index (χ0n) is 14.9. The van der Waals surface area contributed by atoms with Gasteiger partial charge < -0.3 is 5.11 Å². The number of aromatic carboxylic acids is 1. The van der Waals surface area contributed by atoms with E-state index in [0.29, 0.717) is 0 Å². The highest BCUT2D eigenvalue weighted by Gasteiger charge is 2.42. The van der Waals surface area contributed by atoms with Crippen molar-refractivity contribution in [2.24, 2.45) is 0 Å². The van der Waals surface area contributed by atoms with Crippen LogP contribution in [0.5, 0.6) is 0 Å². The van der Waals surface area contributed by atoms with Gasteiger partial charge in [-0.05, 0) is 63.2 Å². The number of fused-ring (bicyclic) bond motifs is 1. The minimum atomic E-state index is -3.97. The Hall–Kier alpha value is -3.00. The molecule has 0 fully saturated rings. The lowest BCUT2D eigenvalue weighted by Crippen LogP contribution is -2.45. The number of carboxylic acid groups (broad SMARTS) is 1. The first-order valence-electron chi connectivity index (χ1n) is 8.06. The number of rotatable bonds is 3. The van der Waals surface area contributed by atoms with E-state index in [0.717, 1.165) is 4.90 Å². The number of benzene rings is 2. The van der Waals surface area contributed by atoms with Crippen molar-refractivity contribution in [1.29, 1.82) is 0 Å². The average Bonchev–Trinajstić information content (AvgIpc) is 2.85. The average molecular weight is 387 g/mol. The minimum Gasteiger partial charge on any atom is -0.478 e. The molecule has 7 nitrogen and oxygen atoms in total. The summed E-state index contributed by atoms with van der Waals surface area (Å²) in [7, 11) is -3.97. The van der Waals surface area contributed by atoms with Crippen molar-refractivity contribution in [2.75, 3.05) is 0 Å². The molecule has 0 spiro atoms. The molecule has 1 aliphatic rings. The molecular weight excluding hydrogens is 370 g/mol. The van der Waals surface area contributed by atoms with Crippen LogP contribution in [0.15, 0.2) is 52.3 Å². The lowest BCUT2D eigenvalue weighted by Gasteiger charge is -2.29. The van der Waals surface area contributed by atoms with E-state index < -0.39 is 33.2 Å². The van der Waals surface area contributed by atoms with Gasteiger partial charge in [-0.3, -0.25) is 14.5 Å². The lowest BCUT2D eigenvalue weighted by atomic mass is 10.1. The number of hydrogen-bond donors (Lipinski definition) is 1. The molecule has 27 heavy (non-hydrogen) atoms. The Labute approximate surface area is 156 Å². The van der Waals surface area contributed by atoms with Crippen LogP contribution in [-0.2, 0) is 9.84 Å². The van der Waals surface area contributed by atoms with Crippen molar-refractivity contribution in [2.45, 2.75) is 36.1 Å². The highest BCUT2D eigenvalue weighted by molar-refractivity contribution is 7.91. The van der Waals surface area contributed by atoms with Crippen LogP contribution in [0.25, 0.3) is 0 Å². The molecule has 0 saturated heterocycles. The molecule has 8 heteroatoms. The zero-order chi connectivity index (χ0) is 20.1. The van der Waals surface area contributed by atoms with Crippen molar-refractivity contribution in [3.05, 3.63) is 59.2 Å². The Morgan fingerprint density at radius 1 is 0.889 bits per heavy atom. The van der Waals surface area contributed by atoms with Crippen LogP contribution in [-0.4, -0.2) is 41.7 Å². The highest BCUT2D eigenvalue weighted by atomic mass is 32.2. The van der Waals surface area contributed by atoms with E-state index in [1.165, 1.54) is 42.5 Å². The smallest absolute Gasteiger partial charge is 0.335 e. The number of sulfone groups is 1. The van der Waals surface area contributed by atoms with Crippen LogP contribution in [0, 0.1) is 0 Å². The second-order valence-corrected chi connectivity index (χ2v) is 9.11. The lowest BCUT2D eigenvalue weighted by molar-refractivity contribution is 0.0506. The van der Waals surface area contributed by atoms with Crippen LogP contribution in [0.1, 0.15) is 51.8 Å². The molecule has 0 aromatic heterocycles. The molecule has 0 unspecified atom stereocenters. The maximum atomic E-state index is 12.8. The molecule has 2 amide bonds. The maximum absolute atomic E-state index is 12.8. The molecule has 2 aromatic carbocycles. The summed E-state index contributed by atoms with van der Waals surface area (Å²) in [5.41, 5.74) is -0.573. The van der Waals surface area contributed by atoms with Gasteiger partial charge in [-0.15, -0.1) is 0 Å². The van der Waals surface area contributed by atoms with E-state index in [-0.39, 0.29) is 26.5 Å². The van der Waals surface area contributed by atoms with Gasteiger partial charge in [-0.25, -0.2) is 13.2 Å². The van der Waals surface area contributed by atoms with Gasteiger partial charge in [0.2, 0.25) is 9.84 Å². The third-order valence-corrected chi connectivity index (χ3v) is 6.02. The van der Waals surface area contributed by atoms with Crippen LogP contribution in [0.3, 0.4) is 0 Å². The molecule has 0 atom stereocenters.